The Balaban J connectivity index is 1.83. The fourth-order valence-corrected chi connectivity index (χ4v) is 3.02. The van der Waals surface area contributed by atoms with Gasteiger partial charge in [0.1, 0.15) is 18.1 Å². The van der Waals surface area contributed by atoms with E-state index in [-0.39, 0.29) is 19.4 Å². The maximum atomic E-state index is 6.22. The van der Waals surface area contributed by atoms with Gasteiger partial charge in [-0.25, -0.2) is 0 Å². The van der Waals surface area contributed by atoms with Crippen molar-refractivity contribution in [2.75, 3.05) is 54.0 Å². The predicted octanol–water partition coefficient (Wildman–Crippen LogP) is 2.31. The summed E-state index contributed by atoms with van der Waals surface area (Å²) in [5, 5.41) is 0. The Labute approximate surface area is 186 Å². The van der Waals surface area contributed by atoms with Crippen LogP contribution in [0, 0.1) is 0 Å². The van der Waals surface area contributed by atoms with E-state index in [1.807, 2.05) is 11.8 Å². The number of nitrogen functional groups attached to an aromatic ring is 5. The van der Waals surface area contributed by atoms with Gasteiger partial charge in [-0.3, -0.25) is 0 Å². The summed E-state index contributed by atoms with van der Waals surface area (Å²) in [6, 6.07) is 13.3. The van der Waals surface area contributed by atoms with Gasteiger partial charge >= 0.3 is 0 Å². The van der Waals surface area contributed by atoms with Gasteiger partial charge in [-0.15, -0.1) is 0 Å². The van der Waals surface area contributed by atoms with Crippen molar-refractivity contribution in [3.63, 3.8) is 0 Å². The molecule has 0 aliphatic rings. The molecule has 10 N–H and O–H groups in total. The number of hydrogen-bond acceptors (Lipinski definition) is 10. The van der Waals surface area contributed by atoms with Crippen molar-refractivity contribution in [3.05, 3.63) is 48.5 Å². The van der Waals surface area contributed by atoms with Crippen LogP contribution < -0.4 is 47.8 Å². The molecule has 2 aromatic carbocycles. The number of benzene rings is 2. The van der Waals surface area contributed by atoms with Crippen molar-refractivity contribution in [1.29, 1.82) is 0 Å². The predicted molar refractivity (Wildman–Crippen MR) is 129 cm³/mol. The summed E-state index contributed by atoms with van der Waals surface area (Å²) in [6.07, 6.45) is 0. The molecule has 0 bridgehead atoms. The van der Waals surface area contributed by atoms with Crippen molar-refractivity contribution in [3.8, 4) is 17.4 Å². The molecule has 10 nitrogen and oxygen atoms in total. The van der Waals surface area contributed by atoms with Crippen molar-refractivity contribution < 1.29 is 14.2 Å². The molecule has 1 unspecified atom stereocenters. The highest BCUT2D eigenvalue weighted by Crippen LogP contribution is 2.29. The van der Waals surface area contributed by atoms with Crippen LogP contribution in [0.1, 0.15) is 6.92 Å². The molecule has 1 atom stereocenters. The number of anilines is 6. The van der Waals surface area contributed by atoms with E-state index >= 15 is 0 Å². The zero-order valence-corrected chi connectivity index (χ0v) is 18.1. The third-order valence-corrected chi connectivity index (χ3v) is 4.80. The molecule has 1 aromatic heterocycles. The Morgan fingerprint density at radius 1 is 0.812 bits per heavy atom. The SMILES string of the molecule is COc1ccc(N)c(N(COc2ccc(N)cc2N)C(C)COc2ccc(N)cc2N)n1. The second-order valence-corrected chi connectivity index (χ2v) is 7.26. The Kier molecular flexibility index (Phi) is 6.83. The normalized spacial score (nSPS) is 11.6. The quantitative estimate of drug-likeness (QED) is 0.246. The molecule has 3 rings (SSSR count). The third kappa shape index (κ3) is 5.28. The van der Waals surface area contributed by atoms with Crippen LogP contribution in [-0.4, -0.2) is 31.5 Å². The first kappa shape index (κ1) is 22.5. The fraction of sp³-hybridized carbons (Fsp3) is 0.227. The lowest BCUT2D eigenvalue weighted by molar-refractivity contribution is 0.251. The number of pyridine rings is 1. The fourth-order valence-electron chi connectivity index (χ4n) is 3.02. The number of rotatable bonds is 9. The molecule has 0 amide bonds. The lowest BCUT2D eigenvalue weighted by atomic mass is 10.2. The second-order valence-electron chi connectivity index (χ2n) is 7.26. The Morgan fingerprint density at radius 3 is 1.97 bits per heavy atom. The van der Waals surface area contributed by atoms with Gasteiger partial charge in [0.15, 0.2) is 12.5 Å². The summed E-state index contributed by atoms with van der Waals surface area (Å²) in [6.45, 7) is 2.32. The van der Waals surface area contributed by atoms with E-state index in [9.17, 15) is 0 Å². The van der Waals surface area contributed by atoms with E-state index in [2.05, 4.69) is 4.98 Å². The largest absolute Gasteiger partial charge is 0.489 e. The molecule has 3 aromatic rings. The summed E-state index contributed by atoms with van der Waals surface area (Å²) in [7, 11) is 1.54. The second kappa shape index (κ2) is 9.73. The molecular weight excluding hydrogens is 410 g/mol. The zero-order valence-electron chi connectivity index (χ0n) is 18.1. The van der Waals surface area contributed by atoms with E-state index in [4.69, 9.17) is 42.9 Å². The Morgan fingerprint density at radius 2 is 1.41 bits per heavy atom. The highest BCUT2D eigenvalue weighted by atomic mass is 16.5. The molecule has 0 saturated carbocycles. The smallest absolute Gasteiger partial charge is 0.215 e. The Bertz CT molecular complexity index is 1080. The van der Waals surface area contributed by atoms with E-state index < -0.39 is 0 Å². The van der Waals surface area contributed by atoms with Crippen LogP contribution in [0.4, 0.5) is 34.3 Å². The van der Waals surface area contributed by atoms with E-state index in [1.165, 1.54) is 7.11 Å². The summed E-state index contributed by atoms with van der Waals surface area (Å²) in [5.41, 5.74) is 32.2. The number of ether oxygens (including phenoxy) is 3. The highest BCUT2D eigenvalue weighted by Gasteiger charge is 2.21. The number of nitrogens with zero attached hydrogens (tertiary/aromatic N) is 2. The van der Waals surface area contributed by atoms with E-state index in [0.29, 0.717) is 51.6 Å². The number of methoxy groups -OCH3 is 1. The number of nitrogens with two attached hydrogens (primary N) is 5. The lowest BCUT2D eigenvalue weighted by Crippen LogP contribution is -2.41. The average Bonchev–Trinajstić information content (AvgIpc) is 2.75. The molecule has 0 aliphatic heterocycles. The first-order valence-corrected chi connectivity index (χ1v) is 9.91. The van der Waals surface area contributed by atoms with Gasteiger partial charge in [0.25, 0.3) is 0 Å². The summed E-state index contributed by atoms with van der Waals surface area (Å²) >= 11 is 0. The van der Waals surface area contributed by atoms with Gasteiger partial charge in [-0.2, -0.15) is 4.98 Å². The maximum Gasteiger partial charge on any atom is 0.215 e. The molecule has 170 valence electrons. The van der Waals surface area contributed by atoms with Gasteiger partial charge in [-0.1, -0.05) is 0 Å². The molecular formula is C22H29N7O3. The third-order valence-electron chi connectivity index (χ3n) is 4.80. The molecule has 0 fully saturated rings. The van der Waals surface area contributed by atoms with Gasteiger partial charge in [0.05, 0.1) is 30.2 Å². The van der Waals surface area contributed by atoms with Gasteiger partial charge in [0.2, 0.25) is 5.88 Å². The van der Waals surface area contributed by atoms with Crippen LogP contribution in [0.25, 0.3) is 0 Å². The molecule has 1 heterocycles. The van der Waals surface area contributed by atoms with Gasteiger partial charge < -0.3 is 47.8 Å². The molecule has 32 heavy (non-hydrogen) atoms. The summed E-state index contributed by atoms with van der Waals surface area (Å²) in [5.74, 6) is 1.92. The maximum absolute atomic E-state index is 6.22. The van der Waals surface area contributed by atoms with Crippen LogP contribution in [-0.2, 0) is 0 Å². The zero-order chi connectivity index (χ0) is 23.3. The van der Waals surface area contributed by atoms with E-state index in [1.54, 1.807) is 48.5 Å². The van der Waals surface area contributed by atoms with Crippen molar-refractivity contribution in [2.24, 2.45) is 0 Å². The molecule has 0 saturated heterocycles. The first-order chi connectivity index (χ1) is 15.3. The number of aromatic nitrogens is 1. The van der Waals surface area contributed by atoms with Crippen LogP contribution in [0.5, 0.6) is 17.4 Å². The minimum Gasteiger partial charge on any atom is -0.489 e. The van der Waals surface area contributed by atoms with Crippen LogP contribution in [0.2, 0.25) is 0 Å². The summed E-state index contributed by atoms with van der Waals surface area (Å²) in [4.78, 5) is 6.34. The average molecular weight is 440 g/mol. The van der Waals surface area contributed by atoms with Crippen LogP contribution in [0.3, 0.4) is 0 Å². The highest BCUT2D eigenvalue weighted by molar-refractivity contribution is 5.65. The van der Waals surface area contributed by atoms with Crippen LogP contribution >= 0.6 is 0 Å². The topological polar surface area (TPSA) is 174 Å². The van der Waals surface area contributed by atoms with E-state index in [0.717, 1.165) is 0 Å². The molecule has 0 aliphatic carbocycles. The first-order valence-electron chi connectivity index (χ1n) is 9.91. The number of hydrogen-bond donors (Lipinski definition) is 5. The lowest BCUT2D eigenvalue weighted by Gasteiger charge is -2.31. The van der Waals surface area contributed by atoms with Gasteiger partial charge in [-0.05, 0) is 49.4 Å². The summed E-state index contributed by atoms with van der Waals surface area (Å²) < 4.78 is 17.2. The van der Waals surface area contributed by atoms with Crippen molar-refractivity contribution in [1.82, 2.24) is 4.98 Å². The molecule has 0 radical (unpaired) electrons. The Hall–Kier alpha value is -4.21. The molecule has 10 heteroatoms. The minimum atomic E-state index is -0.219. The minimum absolute atomic E-state index is 0.0975. The standard InChI is InChI=1S/C22H29N7O3/c1-13(11-31-19-6-3-14(23)9-17(19)26)29(22-16(25)5-8-21(28-22)30-2)12-32-20-7-4-15(24)10-18(20)27/h3-10,13H,11-12,23-27H2,1-2H3. The molecule has 0 spiro atoms. The van der Waals surface area contributed by atoms with Crippen molar-refractivity contribution in [2.45, 2.75) is 13.0 Å². The monoisotopic (exact) mass is 439 g/mol. The van der Waals surface area contributed by atoms with Crippen LogP contribution in [0.15, 0.2) is 48.5 Å². The van der Waals surface area contributed by atoms with Crippen molar-refractivity contribution >= 4 is 34.3 Å². The van der Waals surface area contributed by atoms with Gasteiger partial charge in [0, 0.05) is 17.4 Å².